The van der Waals surface area contributed by atoms with Crippen molar-refractivity contribution in [2.75, 3.05) is 12.4 Å². The van der Waals surface area contributed by atoms with Gasteiger partial charge in [0.25, 0.3) is 17.7 Å². The molecule has 3 aromatic rings. The van der Waals surface area contributed by atoms with Gasteiger partial charge in [-0.3, -0.25) is 29.4 Å². The van der Waals surface area contributed by atoms with Crippen molar-refractivity contribution in [2.45, 2.75) is 6.54 Å². The van der Waals surface area contributed by atoms with Crippen molar-refractivity contribution in [2.24, 2.45) is 0 Å². The first-order chi connectivity index (χ1) is 15.8. The number of methoxy groups -OCH3 is 1. The van der Waals surface area contributed by atoms with E-state index in [1.165, 1.54) is 25.3 Å². The van der Waals surface area contributed by atoms with E-state index < -0.39 is 34.1 Å². The molecule has 0 unspecified atom stereocenters. The third kappa shape index (κ3) is 4.01. The smallest absolute Gasteiger partial charge is 0.306 e. The molecule has 10 heteroatoms. The number of nitrogens with zero attached hydrogens (tertiary/aromatic N) is 2. The summed E-state index contributed by atoms with van der Waals surface area (Å²) >= 11 is 0. The van der Waals surface area contributed by atoms with Crippen LogP contribution in [0, 0.1) is 15.9 Å². The van der Waals surface area contributed by atoms with Gasteiger partial charge in [0, 0.05) is 11.8 Å². The Bertz CT molecular complexity index is 1290. The number of halogens is 1. The maximum atomic E-state index is 13.6. The van der Waals surface area contributed by atoms with Gasteiger partial charge < -0.3 is 10.1 Å². The molecule has 0 atom stereocenters. The number of hydrogen-bond donors (Lipinski definition) is 1. The maximum Gasteiger partial charge on any atom is 0.306 e. The second kappa shape index (κ2) is 8.50. The lowest BCUT2D eigenvalue weighted by Crippen LogP contribution is -2.29. The molecular weight excluding hydrogens is 433 g/mol. The van der Waals surface area contributed by atoms with Crippen LogP contribution in [0.2, 0.25) is 0 Å². The number of hydrogen-bond acceptors (Lipinski definition) is 6. The number of rotatable bonds is 6. The van der Waals surface area contributed by atoms with E-state index in [0.717, 1.165) is 17.0 Å². The summed E-state index contributed by atoms with van der Waals surface area (Å²) in [4.78, 5) is 49.2. The zero-order chi connectivity index (χ0) is 23.7. The number of nitro benzene ring substituents is 1. The molecule has 1 aliphatic heterocycles. The van der Waals surface area contributed by atoms with Crippen LogP contribution in [0.4, 0.5) is 15.8 Å². The molecule has 4 rings (SSSR count). The average molecular weight is 449 g/mol. The van der Waals surface area contributed by atoms with E-state index in [1.807, 2.05) is 0 Å². The molecule has 3 amide bonds. The Morgan fingerprint density at radius 1 is 1.06 bits per heavy atom. The summed E-state index contributed by atoms with van der Waals surface area (Å²) in [5.74, 6) is -2.36. The summed E-state index contributed by atoms with van der Waals surface area (Å²) in [6.45, 7) is -0.0708. The monoisotopic (exact) mass is 449 g/mol. The SMILES string of the molecule is COc1ccc(CN2C(=O)c3ccccc3C2=O)cc1C(=O)Nc1ccc(F)c([N+](=O)[O-])c1. The lowest BCUT2D eigenvalue weighted by molar-refractivity contribution is -0.387. The molecular formula is C23H16FN3O6. The summed E-state index contributed by atoms with van der Waals surface area (Å²) in [5.41, 5.74) is 0.415. The Morgan fingerprint density at radius 3 is 2.33 bits per heavy atom. The zero-order valence-corrected chi connectivity index (χ0v) is 17.2. The zero-order valence-electron chi connectivity index (χ0n) is 17.2. The molecule has 1 N–H and O–H groups in total. The van der Waals surface area contributed by atoms with Crippen LogP contribution < -0.4 is 10.1 Å². The van der Waals surface area contributed by atoms with E-state index >= 15 is 0 Å². The number of amides is 3. The quantitative estimate of drug-likeness (QED) is 0.347. The molecule has 0 fully saturated rings. The second-order valence-corrected chi connectivity index (χ2v) is 7.15. The minimum Gasteiger partial charge on any atom is -0.496 e. The highest BCUT2D eigenvalue weighted by atomic mass is 19.1. The van der Waals surface area contributed by atoms with Crippen LogP contribution in [0.3, 0.4) is 0 Å². The lowest BCUT2D eigenvalue weighted by atomic mass is 10.1. The topological polar surface area (TPSA) is 119 Å². The summed E-state index contributed by atoms with van der Waals surface area (Å²) in [6, 6.07) is 14.0. The molecule has 166 valence electrons. The van der Waals surface area contributed by atoms with Gasteiger partial charge >= 0.3 is 5.69 Å². The first kappa shape index (κ1) is 21.6. The molecule has 33 heavy (non-hydrogen) atoms. The highest BCUT2D eigenvalue weighted by Gasteiger charge is 2.35. The molecule has 0 spiro atoms. The molecule has 3 aromatic carbocycles. The molecule has 0 saturated heterocycles. The molecule has 1 aliphatic rings. The summed E-state index contributed by atoms with van der Waals surface area (Å²) in [5, 5.41) is 13.4. The van der Waals surface area contributed by atoms with Crippen molar-refractivity contribution < 1.29 is 28.4 Å². The first-order valence-electron chi connectivity index (χ1n) is 9.67. The van der Waals surface area contributed by atoms with Crippen molar-refractivity contribution in [3.05, 3.63) is 98.8 Å². The van der Waals surface area contributed by atoms with Gasteiger partial charge in [-0.1, -0.05) is 18.2 Å². The van der Waals surface area contributed by atoms with Gasteiger partial charge in [0.05, 0.1) is 35.3 Å². The number of carbonyl (C=O) groups is 3. The van der Waals surface area contributed by atoms with Gasteiger partial charge in [-0.2, -0.15) is 4.39 Å². The Kier molecular flexibility index (Phi) is 5.57. The van der Waals surface area contributed by atoms with Crippen molar-refractivity contribution in [1.29, 1.82) is 0 Å². The van der Waals surface area contributed by atoms with E-state index in [1.54, 1.807) is 30.3 Å². The largest absolute Gasteiger partial charge is 0.496 e. The fourth-order valence-electron chi connectivity index (χ4n) is 3.53. The third-order valence-electron chi connectivity index (χ3n) is 5.13. The molecule has 0 bridgehead atoms. The van der Waals surface area contributed by atoms with Crippen LogP contribution in [0.15, 0.2) is 60.7 Å². The Balaban J connectivity index is 1.60. The van der Waals surface area contributed by atoms with Crippen LogP contribution in [0.25, 0.3) is 0 Å². The highest BCUT2D eigenvalue weighted by Crippen LogP contribution is 2.28. The van der Waals surface area contributed by atoms with Crippen LogP contribution in [0.1, 0.15) is 36.6 Å². The van der Waals surface area contributed by atoms with Crippen LogP contribution >= 0.6 is 0 Å². The second-order valence-electron chi connectivity index (χ2n) is 7.15. The number of nitro groups is 1. The molecule has 0 radical (unpaired) electrons. The van der Waals surface area contributed by atoms with E-state index in [0.29, 0.717) is 16.7 Å². The number of benzene rings is 3. The molecule has 1 heterocycles. The van der Waals surface area contributed by atoms with E-state index in [2.05, 4.69) is 5.32 Å². The fraction of sp³-hybridized carbons (Fsp3) is 0.0870. The van der Waals surface area contributed by atoms with Crippen LogP contribution in [-0.4, -0.2) is 34.7 Å². The van der Waals surface area contributed by atoms with Crippen molar-refractivity contribution in [3.8, 4) is 5.75 Å². The van der Waals surface area contributed by atoms with Crippen LogP contribution in [0.5, 0.6) is 5.75 Å². The minimum atomic E-state index is -1.03. The van der Waals surface area contributed by atoms with Crippen LogP contribution in [-0.2, 0) is 6.54 Å². The van der Waals surface area contributed by atoms with Gasteiger partial charge in [0.15, 0.2) is 0 Å². The predicted molar refractivity (Wildman–Crippen MR) is 115 cm³/mol. The number of carbonyl (C=O) groups excluding carboxylic acids is 3. The number of anilines is 1. The molecule has 0 aromatic heterocycles. The Labute approximate surface area is 186 Å². The average Bonchev–Trinajstić information content (AvgIpc) is 3.05. The third-order valence-corrected chi connectivity index (χ3v) is 5.13. The van der Waals surface area contributed by atoms with E-state index in [4.69, 9.17) is 4.74 Å². The maximum absolute atomic E-state index is 13.6. The fourth-order valence-corrected chi connectivity index (χ4v) is 3.53. The van der Waals surface area contributed by atoms with Crippen molar-refractivity contribution in [1.82, 2.24) is 4.90 Å². The first-order valence-corrected chi connectivity index (χ1v) is 9.67. The van der Waals surface area contributed by atoms with Gasteiger partial charge in [0.1, 0.15) is 5.75 Å². The van der Waals surface area contributed by atoms with Gasteiger partial charge in [-0.05, 0) is 42.0 Å². The summed E-state index contributed by atoms with van der Waals surface area (Å²) in [6.07, 6.45) is 0. The normalized spacial score (nSPS) is 12.5. The highest BCUT2D eigenvalue weighted by molar-refractivity contribution is 6.21. The molecule has 0 saturated carbocycles. The molecule has 9 nitrogen and oxygen atoms in total. The molecule has 0 aliphatic carbocycles. The number of ether oxygens (including phenoxy) is 1. The predicted octanol–water partition coefficient (Wildman–Crippen LogP) is 3.79. The standard InChI is InChI=1S/C23H16FN3O6/c1-33-20-9-6-13(12-26-22(29)15-4-2-3-5-16(15)23(26)30)10-17(20)21(28)25-14-7-8-18(24)19(11-14)27(31)32/h2-11H,12H2,1H3,(H,25,28). The number of fused-ring (bicyclic) bond motifs is 1. The van der Waals surface area contributed by atoms with Crippen molar-refractivity contribution >= 4 is 29.1 Å². The van der Waals surface area contributed by atoms with Crippen molar-refractivity contribution in [3.63, 3.8) is 0 Å². The lowest BCUT2D eigenvalue weighted by Gasteiger charge is -2.16. The summed E-state index contributed by atoms with van der Waals surface area (Å²) < 4.78 is 18.8. The van der Waals surface area contributed by atoms with Gasteiger partial charge in [0.2, 0.25) is 5.82 Å². The number of imide groups is 1. The van der Waals surface area contributed by atoms with E-state index in [-0.39, 0.29) is 23.5 Å². The Hall–Kier alpha value is -4.60. The van der Waals surface area contributed by atoms with E-state index in [9.17, 15) is 28.9 Å². The summed E-state index contributed by atoms with van der Waals surface area (Å²) in [7, 11) is 1.36. The Morgan fingerprint density at radius 2 is 1.73 bits per heavy atom. The minimum absolute atomic E-state index is 0.0147. The van der Waals surface area contributed by atoms with Gasteiger partial charge in [-0.15, -0.1) is 0 Å². The number of nitrogens with one attached hydrogen (secondary N) is 1. The van der Waals surface area contributed by atoms with Gasteiger partial charge in [-0.25, -0.2) is 0 Å².